The van der Waals surface area contributed by atoms with Crippen LogP contribution in [0.5, 0.6) is 11.5 Å². The zero-order chi connectivity index (χ0) is 16.8. The molecule has 5 nitrogen and oxygen atoms in total. The lowest BCUT2D eigenvalue weighted by Gasteiger charge is -2.07. The van der Waals surface area contributed by atoms with Crippen LogP contribution in [0.1, 0.15) is 51.0 Å². The lowest BCUT2D eigenvalue weighted by atomic mass is 10.1. The molecule has 0 bridgehead atoms. The van der Waals surface area contributed by atoms with E-state index < -0.39 is 11.7 Å². The molecule has 0 unspecified atom stereocenters. The van der Waals surface area contributed by atoms with Crippen LogP contribution in [0.2, 0.25) is 0 Å². The van der Waals surface area contributed by atoms with E-state index in [1.807, 2.05) is 0 Å². The van der Waals surface area contributed by atoms with Gasteiger partial charge in [0.15, 0.2) is 0 Å². The van der Waals surface area contributed by atoms with Crippen molar-refractivity contribution in [2.75, 3.05) is 6.54 Å². The van der Waals surface area contributed by atoms with Crippen LogP contribution in [0.3, 0.4) is 0 Å². The Morgan fingerprint density at radius 3 is 2.41 bits per heavy atom. The first-order chi connectivity index (χ1) is 10.5. The number of hydrogen-bond acceptors (Lipinski definition) is 3. The van der Waals surface area contributed by atoms with Gasteiger partial charge in [-0.1, -0.05) is 50.5 Å². The Balaban J connectivity index is 0.000000433. The first-order valence-corrected chi connectivity index (χ1v) is 7.71. The quantitative estimate of drug-likeness (QED) is 0.505. The average molecular weight is 309 g/mol. The van der Waals surface area contributed by atoms with Gasteiger partial charge in [0.25, 0.3) is 0 Å². The van der Waals surface area contributed by atoms with E-state index in [-0.39, 0.29) is 5.75 Å². The topological polar surface area (TPSA) is 108 Å². The SMILES string of the molecule is CCCCCCCC[NH3+].O=C(O)C=Cc1ccc([O-])c(O)c1. The fourth-order valence-corrected chi connectivity index (χ4v) is 1.76. The number of quaternary nitrogens is 1. The molecule has 0 fully saturated rings. The van der Waals surface area contributed by atoms with Crippen LogP contribution in [-0.4, -0.2) is 22.7 Å². The van der Waals surface area contributed by atoms with Gasteiger partial charge in [-0.05, 0) is 30.5 Å². The Kier molecular flexibility index (Phi) is 11.5. The van der Waals surface area contributed by atoms with E-state index in [4.69, 9.17) is 10.2 Å². The minimum absolute atomic E-state index is 0.382. The second kappa shape index (κ2) is 12.7. The van der Waals surface area contributed by atoms with Crippen LogP contribution < -0.4 is 10.8 Å². The fourth-order valence-electron chi connectivity index (χ4n) is 1.76. The number of aromatic hydroxyl groups is 1. The van der Waals surface area contributed by atoms with E-state index in [1.54, 1.807) is 0 Å². The average Bonchev–Trinajstić information content (AvgIpc) is 2.49. The number of carboxylic acid groups (broad SMARTS) is 1. The Labute approximate surface area is 132 Å². The summed E-state index contributed by atoms with van der Waals surface area (Å²) in [5.74, 6) is -1.94. The normalized spacial score (nSPS) is 10.3. The van der Waals surface area contributed by atoms with E-state index >= 15 is 0 Å². The maximum Gasteiger partial charge on any atom is 0.328 e. The van der Waals surface area contributed by atoms with Crippen LogP contribution in [0.25, 0.3) is 6.08 Å². The zero-order valence-electron chi connectivity index (χ0n) is 13.3. The molecular weight excluding hydrogens is 282 g/mol. The summed E-state index contributed by atoms with van der Waals surface area (Å²) in [6.07, 6.45) is 10.6. The monoisotopic (exact) mass is 309 g/mol. The van der Waals surface area contributed by atoms with Crippen molar-refractivity contribution in [2.24, 2.45) is 0 Å². The van der Waals surface area contributed by atoms with E-state index in [1.165, 1.54) is 62.8 Å². The standard InChI is InChI=1S/C9H8O4.C8H19N/c10-7-3-1-6(5-8(7)11)2-4-9(12)13;1-2-3-4-5-6-7-8-9/h1-5,10-11H,(H,12,13);2-9H2,1H3. The molecule has 1 rings (SSSR count). The molecule has 0 aliphatic heterocycles. The predicted octanol–water partition coefficient (Wildman–Crippen LogP) is 2.15. The Morgan fingerprint density at radius 1 is 1.23 bits per heavy atom. The number of phenolic OH excluding ortho intramolecular Hbond substituents is 1. The highest BCUT2D eigenvalue weighted by Crippen LogP contribution is 2.22. The van der Waals surface area contributed by atoms with E-state index in [0.717, 1.165) is 12.6 Å². The summed E-state index contributed by atoms with van der Waals surface area (Å²) in [5, 5.41) is 28.0. The van der Waals surface area contributed by atoms with Gasteiger partial charge in [0.2, 0.25) is 0 Å². The largest absolute Gasteiger partial charge is 0.870 e. The van der Waals surface area contributed by atoms with Gasteiger partial charge in [0, 0.05) is 6.08 Å². The minimum atomic E-state index is -1.08. The summed E-state index contributed by atoms with van der Waals surface area (Å²) >= 11 is 0. The number of rotatable bonds is 8. The molecule has 5 heteroatoms. The third-order valence-electron chi connectivity index (χ3n) is 3.00. The van der Waals surface area contributed by atoms with Gasteiger partial charge in [-0.15, -0.1) is 0 Å². The van der Waals surface area contributed by atoms with Crippen molar-refractivity contribution < 1.29 is 25.8 Å². The highest BCUT2D eigenvalue weighted by molar-refractivity contribution is 5.85. The lowest BCUT2D eigenvalue weighted by molar-refractivity contribution is -0.368. The highest BCUT2D eigenvalue weighted by atomic mass is 16.4. The summed E-state index contributed by atoms with van der Waals surface area (Å²) < 4.78 is 0. The predicted molar refractivity (Wildman–Crippen MR) is 85.4 cm³/mol. The van der Waals surface area contributed by atoms with Crippen LogP contribution in [0.15, 0.2) is 24.3 Å². The van der Waals surface area contributed by atoms with Gasteiger partial charge in [-0.25, -0.2) is 4.79 Å². The van der Waals surface area contributed by atoms with E-state index in [9.17, 15) is 9.90 Å². The molecule has 0 saturated carbocycles. The first-order valence-electron chi connectivity index (χ1n) is 7.71. The molecule has 1 aromatic carbocycles. The van der Waals surface area contributed by atoms with Crippen molar-refractivity contribution in [1.29, 1.82) is 0 Å². The number of carboxylic acids is 1. The summed E-state index contributed by atoms with van der Waals surface area (Å²) in [4.78, 5) is 10.1. The van der Waals surface area contributed by atoms with Crippen molar-refractivity contribution in [3.63, 3.8) is 0 Å². The number of unbranched alkanes of at least 4 members (excludes halogenated alkanes) is 5. The van der Waals surface area contributed by atoms with Crippen LogP contribution in [0.4, 0.5) is 0 Å². The van der Waals surface area contributed by atoms with E-state index in [0.29, 0.717) is 5.56 Å². The van der Waals surface area contributed by atoms with Crippen molar-refractivity contribution >= 4 is 12.0 Å². The molecule has 5 N–H and O–H groups in total. The summed E-state index contributed by atoms with van der Waals surface area (Å²) in [6, 6.07) is 3.82. The number of hydrogen-bond donors (Lipinski definition) is 3. The molecule has 0 atom stereocenters. The van der Waals surface area contributed by atoms with Crippen molar-refractivity contribution in [1.82, 2.24) is 0 Å². The second-order valence-corrected chi connectivity index (χ2v) is 5.02. The molecule has 0 spiro atoms. The molecule has 0 radical (unpaired) electrons. The third-order valence-corrected chi connectivity index (χ3v) is 3.00. The van der Waals surface area contributed by atoms with Crippen LogP contribution in [0, 0.1) is 0 Å². The molecule has 0 amide bonds. The second-order valence-electron chi connectivity index (χ2n) is 5.02. The molecule has 1 aromatic rings. The zero-order valence-corrected chi connectivity index (χ0v) is 13.3. The van der Waals surface area contributed by atoms with E-state index in [2.05, 4.69) is 12.7 Å². The molecule has 0 aromatic heterocycles. The molecule has 0 aliphatic rings. The Morgan fingerprint density at radius 2 is 1.86 bits per heavy atom. The smallest absolute Gasteiger partial charge is 0.328 e. The Bertz CT molecular complexity index is 452. The van der Waals surface area contributed by atoms with Gasteiger partial charge >= 0.3 is 5.97 Å². The van der Waals surface area contributed by atoms with Crippen LogP contribution in [-0.2, 0) is 4.79 Å². The Hall–Kier alpha value is -2.01. The molecular formula is C17H27NO4. The minimum Gasteiger partial charge on any atom is -0.870 e. The van der Waals surface area contributed by atoms with Gasteiger partial charge in [0.05, 0.1) is 6.54 Å². The van der Waals surface area contributed by atoms with Gasteiger partial charge in [-0.3, -0.25) is 0 Å². The van der Waals surface area contributed by atoms with Crippen molar-refractivity contribution in [3.05, 3.63) is 29.8 Å². The maximum atomic E-state index is 10.7. The molecule has 0 saturated heterocycles. The first kappa shape index (κ1) is 20.0. The number of aliphatic carboxylic acids is 1. The van der Waals surface area contributed by atoms with Gasteiger partial charge in [0.1, 0.15) is 5.75 Å². The highest BCUT2D eigenvalue weighted by Gasteiger charge is 1.92. The van der Waals surface area contributed by atoms with Gasteiger partial charge in [-0.2, -0.15) is 0 Å². The summed E-state index contributed by atoms with van der Waals surface area (Å²) in [7, 11) is 0. The molecule has 124 valence electrons. The molecule has 0 heterocycles. The molecule has 22 heavy (non-hydrogen) atoms. The number of benzene rings is 1. The van der Waals surface area contributed by atoms with Gasteiger partial charge < -0.3 is 21.1 Å². The van der Waals surface area contributed by atoms with Crippen molar-refractivity contribution in [3.8, 4) is 11.5 Å². The summed E-state index contributed by atoms with van der Waals surface area (Å²) in [5.41, 5.74) is 4.28. The fraction of sp³-hybridized carbons (Fsp3) is 0.471. The lowest BCUT2D eigenvalue weighted by Crippen LogP contribution is -2.50. The maximum absolute atomic E-state index is 10.7. The molecule has 0 aliphatic carbocycles. The van der Waals surface area contributed by atoms with Crippen molar-refractivity contribution in [2.45, 2.75) is 45.4 Å². The van der Waals surface area contributed by atoms with Crippen LogP contribution >= 0.6 is 0 Å². The third kappa shape index (κ3) is 10.7. The number of carbonyl (C=O) groups is 1. The number of phenols is 1. The summed E-state index contributed by atoms with van der Waals surface area (Å²) in [6.45, 7) is 3.37.